The van der Waals surface area contributed by atoms with E-state index in [-0.39, 0.29) is 6.04 Å². The van der Waals surface area contributed by atoms with Crippen molar-refractivity contribution in [2.75, 3.05) is 5.32 Å². The number of aliphatic hydroxyl groups is 1. The van der Waals surface area contributed by atoms with Crippen molar-refractivity contribution in [2.24, 2.45) is 7.05 Å². The van der Waals surface area contributed by atoms with Gasteiger partial charge in [-0.3, -0.25) is 4.68 Å². The Kier molecular flexibility index (Phi) is 3.67. The van der Waals surface area contributed by atoms with Crippen molar-refractivity contribution in [2.45, 2.75) is 26.0 Å². The van der Waals surface area contributed by atoms with Crippen LogP contribution in [0.15, 0.2) is 36.5 Å². The van der Waals surface area contributed by atoms with Crippen molar-refractivity contribution in [3.63, 3.8) is 0 Å². The van der Waals surface area contributed by atoms with Crippen molar-refractivity contribution in [1.29, 1.82) is 0 Å². The normalized spacial score (nSPS) is 14.2. The highest BCUT2D eigenvalue weighted by atomic mass is 16.3. The minimum absolute atomic E-state index is 0.136. The predicted octanol–water partition coefficient (Wildman–Crippen LogP) is 2.65. The Balaban J connectivity index is 2.22. The smallest absolute Gasteiger partial charge is 0.0781 e. The van der Waals surface area contributed by atoms with E-state index in [4.69, 9.17) is 0 Å². The summed E-state index contributed by atoms with van der Waals surface area (Å²) in [5, 5.41) is 17.3. The van der Waals surface area contributed by atoms with E-state index >= 15 is 0 Å². The van der Waals surface area contributed by atoms with Crippen LogP contribution in [0.2, 0.25) is 0 Å². The maximum absolute atomic E-state index is 9.75. The van der Waals surface area contributed by atoms with E-state index in [9.17, 15) is 5.11 Å². The van der Waals surface area contributed by atoms with Gasteiger partial charge in [0.05, 0.1) is 17.8 Å². The number of hydrogen-bond donors (Lipinski definition) is 2. The number of anilines is 1. The van der Waals surface area contributed by atoms with Gasteiger partial charge in [0.25, 0.3) is 0 Å². The summed E-state index contributed by atoms with van der Waals surface area (Å²) in [5.74, 6) is 0. The second-order valence-electron chi connectivity index (χ2n) is 4.51. The lowest BCUT2D eigenvalue weighted by molar-refractivity contribution is 0.200. The summed E-state index contributed by atoms with van der Waals surface area (Å²) in [6.45, 7) is 3.85. The first-order valence-corrected chi connectivity index (χ1v) is 6.11. The van der Waals surface area contributed by atoms with Gasteiger partial charge in [-0.15, -0.1) is 0 Å². The molecule has 0 fully saturated rings. The molecule has 2 aromatic rings. The molecule has 1 aromatic heterocycles. The fourth-order valence-electron chi connectivity index (χ4n) is 2.11. The number of aliphatic hydroxyl groups excluding tert-OH is 1. The summed E-state index contributed by atoms with van der Waals surface area (Å²) in [6.07, 6.45) is 1.31. The minimum atomic E-state index is -0.479. The van der Waals surface area contributed by atoms with Gasteiger partial charge in [-0.1, -0.05) is 18.2 Å². The molecule has 1 aromatic carbocycles. The topological polar surface area (TPSA) is 50.1 Å². The highest BCUT2D eigenvalue weighted by molar-refractivity contribution is 5.53. The Labute approximate surface area is 107 Å². The molecule has 96 valence electrons. The summed E-state index contributed by atoms with van der Waals surface area (Å²) < 4.78 is 1.85. The average Bonchev–Trinajstić information content (AvgIpc) is 2.76. The molecular weight excluding hydrogens is 226 g/mol. The van der Waals surface area contributed by atoms with Gasteiger partial charge in [-0.05, 0) is 26.0 Å². The molecule has 2 atom stereocenters. The Bertz CT molecular complexity index is 519. The molecule has 2 unspecified atom stereocenters. The van der Waals surface area contributed by atoms with E-state index in [1.807, 2.05) is 42.1 Å². The van der Waals surface area contributed by atoms with E-state index in [0.29, 0.717) is 0 Å². The number of nitrogens with one attached hydrogen (secondary N) is 1. The minimum Gasteiger partial charge on any atom is -0.389 e. The maximum atomic E-state index is 9.75. The predicted molar refractivity (Wildman–Crippen MR) is 72.3 cm³/mol. The van der Waals surface area contributed by atoms with Crippen LogP contribution in [0, 0.1) is 0 Å². The molecule has 0 saturated carbocycles. The third-order valence-electron chi connectivity index (χ3n) is 3.09. The van der Waals surface area contributed by atoms with Gasteiger partial charge < -0.3 is 10.4 Å². The number of hydrogen-bond acceptors (Lipinski definition) is 3. The number of benzene rings is 1. The summed E-state index contributed by atoms with van der Waals surface area (Å²) >= 11 is 0. The molecule has 0 bridgehead atoms. The van der Waals surface area contributed by atoms with Gasteiger partial charge in [0.2, 0.25) is 0 Å². The molecular formula is C14H19N3O. The highest BCUT2D eigenvalue weighted by Gasteiger charge is 2.12. The summed E-state index contributed by atoms with van der Waals surface area (Å²) in [6, 6.07) is 9.93. The Morgan fingerprint density at radius 2 is 1.94 bits per heavy atom. The first-order chi connectivity index (χ1) is 8.59. The van der Waals surface area contributed by atoms with Crippen LogP contribution in [0.25, 0.3) is 0 Å². The summed E-state index contributed by atoms with van der Waals surface area (Å²) in [5.41, 5.74) is 2.98. The molecule has 2 rings (SSSR count). The Hall–Kier alpha value is -1.81. The van der Waals surface area contributed by atoms with Gasteiger partial charge in [0.15, 0.2) is 0 Å². The van der Waals surface area contributed by atoms with Crippen LogP contribution in [-0.4, -0.2) is 14.9 Å². The quantitative estimate of drug-likeness (QED) is 0.870. The van der Waals surface area contributed by atoms with Gasteiger partial charge in [0, 0.05) is 24.5 Å². The SMILES string of the molecule is CC(O)c1ccccc1NC(C)c1ccnn1C. The van der Waals surface area contributed by atoms with Gasteiger partial charge in [-0.25, -0.2) is 0 Å². The molecule has 1 heterocycles. The van der Waals surface area contributed by atoms with E-state index in [0.717, 1.165) is 16.9 Å². The third kappa shape index (κ3) is 2.54. The van der Waals surface area contributed by atoms with Crippen LogP contribution in [0.3, 0.4) is 0 Å². The lowest BCUT2D eigenvalue weighted by atomic mass is 10.1. The van der Waals surface area contributed by atoms with Crippen LogP contribution in [0.5, 0.6) is 0 Å². The summed E-state index contributed by atoms with van der Waals surface area (Å²) in [7, 11) is 1.92. The van der Waals surface area contributed by atoms with E-state index < -0.39 is 6.10 Å². The molecule has 2 N–H and O–H groups in total. The largest absolute Gasteiger partial charge is 0.389 e. The van der Waals surface area contributed by atoms with Crippen LogP contribution < -0.4 is 5.32 Å². The fraction of sp³-hybridized carbons (Fsp3) is 0.357. The van der Waals surface area contributed by atoms with Crippen molar-refractivity contribution < 1.29 is 5.11 Å². The lowest BCUT2D eigenvalue weighted by Crippen LogP contribution is -2.13. The average molecular weight is 245 g/mol. The second-order valence-corrected chi connectivity index (χ2v) is 4.51. The standard InChI is InChI=1S/C14H19N3O/c1-10(14-8-9-15-17(14)3)16-13-7-5-4-6-12(13)11(2)18/h4-11,16,18H,1-3H3. The van der Waals surface area contributed by atoms with Crippen LogP contribution in [-0.2, 0) is 7.05 Å². The van der Waals surface area contributed by atoms with Crippen molar-refractivity contribution in [3.8, 4) is 0 Å². The first kappa shape index (κ1) is 12.6. The highest BCUT2D eigenvalue weighted by Crippen LogP contribution is 2.26. The summed E-state index contributed by atoms with van der Waals surface area (Å²) in [4.78, 5) is 0. The van der Waals surface area contributed by atoms with Gasteiger partial charge >= 0.3 is 0 Å². The molecule has 0 aliphatic rings. The number of nitrogens with zero attached hydrogens (tertiary/aromatic N) is 2. The van der Waals surface area contributed by atoms with E-state index in [1.54, 1.807) is 13.1 Å². The lowest BCUT2D eigenvalue weighted by Gasteiger charge is -2.19. The molecule has 0 spiro atoms. The fourth-order valence-corrected chi connectivity index (χ4v) is 2.11. The van der Waals surface area contributed by atoms with Crippen molar-refractivity contribution in [1.82, 2.24) is 9.78 Å². The first-order valence-electron chi connectivity index (χ1n) is 6.11. The second kappa shape index (κ2) is 5.23. The Morgan fingerprint density at radius 1 is 1.22 bits per heavy atom. The number of rotatable bonds is 4. The molecule has 18 heavy (non-hydrogen) atoms. The zero-order valence-electron chi connectivity index (χ0n) is 11.0. The zero-order valence-corrected chi connectivity index (χ0v) is 11.0. The van der Waals surface area contributed by atoms with Crippen molar-refractivity contribution in [3.05, 3.63) is 47.8 Å². The van der Waals surface area contributed by atoms with Crippen molar-refractivity contribution >= 4 is 5.69 Å². The molecule has 0 saturated heterocycles. The molecule has 0 radical (unpaired) electrons. The number of para-hydroxylation sites is 1. The van der Waals surface area contributed by atoms with Gasteiger partial charge in [0.1, 0.15) is 0 Å². The van der Waals surface area contributed by atoms with Crippen LogP contribution >= 0.6 is 0 Å². The maximum Gasteiger partial charge on any atom is 0.0781 e. The molecule has 0 amide bonds. The van der Waals surface area contributed by atoms with Gasteiger partial charge in [-0.2, -0.15) is 5.10 Å². The molecule has 4 heteroatoms. The van der Waals surface area contributed by atoms with E-state index in [1.165, 1.54) is 0 Å². The Morgan fingerprint density at radius 3 is 2.56 bits per heavy atom. The zero-order chi connectivity index (χ0) is 13.1. The number of aryl methyl sites for hydroxylation is 1. The van der Waals surface area contributed by atoms with Crippen LogP contribution in [0.4, 0.5) is 5.69 Å². The molecule has 0 aliphatic heterocycles. The van der Waals surface area contributed by atoms with E-state index in [2.05, 4.69) is 17.3 Å². The number of aromatic nitrogens is 2. The molecule has 4 nitrogen and oxygen atoms in total. The third-order valence-corrected chi connectivity index (χ3v) is 3.09. The van der Waals surface area contributed by atoms with Crippen LogP contribution in [0.1, 0.15) is 37.3 Å². The monoisotopic (exact) mass is 245 g/mol. The molecule has 0 aliphatic carbocycles.